The minimum atomic E-state index is -1.18. The summed E-state index contributed by atoms with van der Waals surface area (Å²) in [4.78, 5) is 28.9. The average Bonchev–Trinajstić information content (AvgIpc) is 2.44. The van der Waals surface area contributed by atoms with Gasteiger partial charge in [-0.25, -0.2) is 14.8 Å². The van der Waals surface area contributed by atoms with Crippen LogP contribution in [0.2, 0.25) is 0 Å². The van der Waals surface area contributed by atoms with Crippen LogP contribution in [0.15, 0.2) is 24.3 Å². The lowest BCUT2D eigenvalue weighted by Crippen LogP contribution is -2.14. The Balaban J connectivity index is 2.21. The number of ether oxygens (including phenoxy) is 1. The molecule has 22 heavy (non-hydrogen) atoms. The molecule has 2 aromatic rings. The van der Waals surface area contributed by atoms with Crippen molar-refractivity contribution in [1.29, 1.82) is 0 Å². The number of nitrogen functional groups attached to an aromatic ring is 1. The van der Waals surface area contributed by atoms with Crippen molar-refractivity contribution in [3.8, 4) is 5.75 Å². The molecule has 0 fully saturated rings. The summed E-state index contributed by atoms with van der Waals surface area (Å²) in [6.07, 6.45) is 0. The van der Waals surface area contributed by atoms with Gasteiger partial charge in [0, 0.05) is 12.1 Å². The highest BCUT2D eigenvalue weighted by molar-refractivity contribution is 5.90. The third kappa shape index (κ3) is 3.26. The summed E-state index contributed by atoms with van der Waals surface area (Å²) < 4.78 is 5.40. The van der Waals surface area contributed by atoms with E-state index < -0.39 is 10.9 Å². The van der Waals surface area contributed by atoms with Crippen LogP contribution in [0, 0.1) is 17.0 Å². The third-order valence-corrected chi connectivity index (χ3v) is 2.82. The van der Waals surface area contributed by atoms with E-state index in [9.17, 15) is 20.0 Å². The molecule has 9 nitrogen and oxygen atoms in total. The van der Waals surface area contributed by atoms with Gasteiger partial charge in [-0.15, -0.1) is 0 Å². The van der Waals surface area contributed by atoms with E-state index >= 15 is 0 Å². The Hall–Kier alpha value is -3.23. The Morgan fingerprint density at radius 1 is 1.36 bits per heavy atom. The molecule has 0 unspecified atom stereocenters. The van der Waals surface area contributed by atoms with Crippen LogP contribution in [-0.4, -0.2) is 26.0 Å². The molecule has 0 bridgehead atoms. The number of aromatic nitrogens is 2. The molecular formula is C13H12N4O5. The standard InChI is InChI=1S/C13H12N4O5/c1-7-11(12(18)19)10(16-13(14)15-7)6-22-9-4-2-8(3-5-9)17(20)21/h2-5H,6H2,1H3,(H,18,19)(H2,14,15,16). The predicted molar refractivity (Wildman–Crippen MR) is 75.6 cm³/mol. The molecule has 0 radical (unpaired) electrons. The molecule has 2 rings (SSSR count). The van der Waals surface area contributed by atoms with E-state index in [2.05, 4.69) is 9.97 Å². The minimum Gasteiger partial charge on any atom is -0.487 e. The van der Waals surface area contributed by atoms with Gasteiger partial charge in [-0.2, -0.15) is 0 Å². The fourth-order valence-corrected chi connectivity index (χ4v) is 1.85. The normalized spacial score (nSPS) is 10.2. The number of carbonyl (C=O) groups is 1. The molecule has 1 aromatic heterocycles. The molecule has 0 aliphatic carbocycles. The fraction of sp³-hybridized carbons (Fsp3) is 0.154. The molecule has 0 atom stereocenters. The number of rotatable bonds is 5. The number of non-ortho nitro benzene ring substituents is 1. The second-order valence-corrected chi connectivity index (χ2v) is 4.33. The maximum Gasteiger partial charge on any atom is 0.339 e. The summed E-state index contributed by atoms with van der Waals surface area (Å²) in [5.41, 5.74) is 5.74. The van der Waals surface area contributed by atoms with Crippen molar-refractivity contribution in [2.24, 2.45) is 0 Å². The van der Waals surface area contributed by atoms with Crippen LogP contribution < -0.4 is 10.5 Å². The third-order valence-electron chi connectivity index (χ3n) is 2.82. The zero-order chi connectivity index (χ0) is 16.3. The van der Waals surface area contributed by atoms with Gasteiger partial charge in [0.05, 0.1) is 16.3 Å². The highest BCUT2D eigenvalue weighted by Gasteiger charge is 2.17. The molecule has 3 N–H and O–H groups in total. The molecule has 1 aromatic carbocycles. The first-order valence-corrected chi connectivity index (χ1v) is 6.12. The summed E-state index contributed by atoms with van der Waals surface area (Å²) in [6.45, 7) is 1.36. The zero-order valence-corrected chi connectivity index (χ0v) is 11.5. The van der Waals surface area contributed by atoms with Gasteiger partial charge in [-0.3, -0.25) is 10.1 Å². The van der Waals surface area contributed by atoms with E-state index in [1.54, 1.807) is 0 Å². The topological polar surface area (TPSA) is 141 Å². The fourth-order valence-electron chi connectivity index (χ4n) is 1.85. The Bertz CT molecular complexity index is 730. The highest BCUT2D eigenvalue weighted by atomic mass is 16.6. The van der Waals surface area contributed by atoms with Gasteiger partial charge >= 0.3 is 5.97 Å². The van der Waals surface area contributed by atoms with Crippen LogP contribution in [0.25, 0.3) is 0 Å². The van der Waals surface area contributed by atoms with Gasteiger partial charge in [0.25, 0.3) is 5.69 Å². The molecule has 0 spiro atoms. The molecule has 1 heterocycles. The van der Waals surface area contributed by atoms with E-state index in [1.165, 1.54) is 31.2 Å². The zero-order valence-electron chi connectivity index (χ0n) is 11.5. The van der Waals surface area contributed by atoms with Gasteiger partial charge in [0.1, 0.15) is 17.9 Å². The Morgan fingerprint density at radius 3 is 2.55 bits per heavy atom. The number of benzene rings is 1. The number of nitro groups is 1. The first-order valence-electron chi connectivity index (χ1n) is 6.12. The van der Waals surface area contributed by atoms with Gasteiger partial charge < -0.3 is 15.6 Å². The number of aryl methyl sites for hydroxylation is 1. The Labute approximate surface area is 124 Å². The van der Waals surface area contributed by atoms with Crippen LogP contribution in [0.1, 0.15) is 21.7 Å². The van der Waals surface area contributed by atoms with E-state index in [-0.39, 0.29) is 35.2 Å². The van der Waals surface area contributed by atoms with Crippen LogP contribution in [0.4, 0.5) is 11.6 Å². The molecule has 114 valence electrons. The number of hydrogen-bond acceptors (Lipinski definition) is 7. The van der Waals surface area contributed by atoms with E-state index in [1.807, 2.05) is 0 Å². The molecule has 0 aliphatic rings. The van der Waals surface area contributed by atoms with Gasteiger partial charge in [0.2, 0.25) is 5.95 Å². The van der Waals surface area contributed by atoms with Crippen LogP contribution in [-0.2, 0) is 6.61 Å². The van der Waals surface area contributed by atoms with Crippen LogP contribution in [0.5, 0.6) is 5.75 Å². The van der Waals surface area contributed by atoms with Crippen molar-refractivity contribution < 1.29 is 19.6 Å². The lowest BCUT2D eigenvalue weighted by Gasteiger charge is -2.10. The average molecular weight is 304 g/mol. The van der Waals surface area contributed by atoms with Gasteiger partial charge in [0.15, 0.2) is 0 Å². The summed E-state index contributed by atoms with van der Waals surface area (Å²) in [6, 6.07) is 5.39. The number of nitrogens with zero attached hydrogens (tertiary/aromatic N) is 3. The second-order valence-electron chi connectivity index (χ2n) is 4.33. The monoisotopic (exact) mass is 304 g/mol. The van der Waals surface area contributed by atoms with Crippen LogP contribution in [0.3, 0.4) is 0 Å². The summed E-state index contributed by atoms with van der Waals surface area (Å²) in [7, 11) is 0. The molecule has 0 saturated carbocycles. The maximum absolute atomic E-state index is 11.2. The quantitative estimate of drug-likeness (QED) is 0.625. The molecule has 0 saturated heterocycles. The number of nitrogens with two attached hydrogens (primary N) is 1. The maximum atomic E-state index is 11.2. The van der Waals surface area contributed by atoms with Crippen molar-refractivity contribution in [3.63, 3.8) is 0 Å². The smallest absolute Gasteiger partial charge is 0.339 e. The van der Waals surface area contributed by atoms with Crippen molar-refractivity contribution in [3.05, 3.63) is 51.3 Å². The highest BCUT2D eigenvalue weighted by Crippen LogP contribution is 2.19. The summed E-state index contributed by atoms with van der Waals surface area (Å²) in [5, 5.41) is 19.7. The lowest BCUT2D eigenvalue weighted by atomic mass is 10.1. The second kappa shape index (κ2) is 6.04. The summed E-state index contributed by atoms with van der Waals surface area (Å²) >= 11 is 0. The SMILES string of the molecule is Cc1nc(N)nc(COc2ccc([N+](=O)[O-])cc2)c1C(=O)O. The number of aromatic carboxylic acids is 1. The predicted octanol–water partition coefficient (Wildman–Crippen LogP) is 1.55. The number of nitro benzene ring substituents is 1. The lowest BCUT2D eigenvalue weighted by molar-refractivity contribution is -0.384. The van der Waals surface area contributed by atoms with Crippen molar-refractivity contribution in [1.82, 2.24) is 9.97 Å². The first-order chi connectivity index (χ1) is 10.4. The molecule has 0 amide bonds. The largest absolute Gasteiger partial charge is 0.487 e. The number of carboxylic acid groups (broad SMARTS) is 1. The Kier molecular flexibility index (Phi) is 4.16. The minimum absolute atomic E-state index is 0.0511. The van der Waals surface area contributed by atoms with Crippen molar-refractivity contribution >= 4 is 17.6 Å². The molecular weight excluding hydrogens is 292 g/mol. The van der Waals surface area contributed by atoms with Crippen LogP contribution >= 0.6 is 0 Å². The molecule has 9 heteroatoms. The van der Waals surface area contributed by atoms with Crippen molar-refractivity contribution in [2.75, 3.05) is 5.73 Å². The van der Waals surface area contributed by atoms with E-state index in [4.69, 9.17) is 10.5 Å². The van der Waals surface area contributed by atoms with E-state index in [0.717, 1.165) is 0 Å². The van der Waals surface area contributed by atoms with Crippen molar-refractivity contribution in [2.45, 2.75) is 13.5 Å². The number of carboxylic acids is 1. The van der Waals surface area contributed by atoms with E-state index in [0.29, 0.717) is 5.75 Å². The first kappa shape index (κ1) is 15.2. The Morgan fingerprint density at radius 2 is 2.00 bits per heavy atom. The van der Waals surface area contributed by atoms with Gasteiger partial charge in [-0.1, -0.05) is 0 Å². The molecule has 0 aliphatic heterocycles. The summed E-state index contributed by atoms with van der Waals surface area (Å²) in [5.74, 6) is -0.888. The number of anilines is 1. The number of hydrogen-bond donors (Lipinski definition) is 2. The van der Waals surface area contributed by atoms with Gasteiger partial charge in [-0.05, 0) is 19.1 Å².